The van der Waals surface area contributed by atoms with E-state index in [1.807, 2.05) is 151 Å². The summed E-state index contributed by atoms with van der Waals surface area (Å²) in [5, 5.41) is 23.0. The monoisotopic (exact) mass is 1910 g/mol. The van der Waals surface area contributed by atoms with Gasteiger partial charge in [-0.3, -0.25) is 33.8 Å². The third-order valence-electron chi connectivity index (χ3n) is 21.4. The summed E-state index contributed by atoms with van der Waals surface area (Å²) in [5.74, 6) is 2.74. The lowest BCUT2D eigenvalue weighted by Crippen LogP contribution is -2.23. The van der Waals surface area contributed by atoms with E-state index < -0.39 is 0 Å². The van der Waals surface area contributed by atoms with E-state index in [2.05, 4.69) is 71.1 Å². The van der Waals surface area contributed by atoms with E-state index in [1.54, 1.807) is 103 Å². The number of amides is 5. The van der Waals surface area contributed by atoms with Crippen LogP contribution in [0.1, 0.15) is 98.9 Å². The van der Waals surface area contributed by atoms with Gasteiger partial charge in [0.15, 0.2) is 5.78 Å². The summed E-state index contributed by atoms with van der Waals surface area (Å²) < 4.78 is 13.7. The number of imidazole rings is 1. The van der Waals surface area contributed by atoms with Gasteiger partial charge < -0.3 is 68.9 Å². The molecule has 29 nitrogen and oxygen atoms in total. The van der Waals surface area contributed by atoms with Crippen molar-refractivity contribution in [2.24, 2.45) is 7.05 Å². The summed E-state index contributed by atoms with van der Waals surface area (Å²) in [6.07, 6.45) is 19.7. The summed E-state index contributed by atoms with van der Waals surface area (Å²) in [6.45, 7) is 2.15. The molecule has 0 atom stereocenters. The third kappa shape index (κ3) is 24.1. The number of nitrogens with one attached hydrogen (secondary N) is 4. The Morgan fingerprint density at radius 3 is 1.27 bits per heavy atom. The van der Waals surface area contributed by atoms with Crippen molar-refractivity contribution in [2.45, 2.75) is 51.9 Å². The average Bonchev–Trinajstić information content (AvgIpc) is 1.78. The van der Waals surface area contributed by atoms with Gasteiger partial charge >= 0.3 is 0 Å². The highest BCUT2D eigenvalue weighted by atomic mass is 35.5. The molecule has 14 N–H and O–H groups in total. The number of nitrogen functional groups attached to an aromatic ring is 5. The normalized spacial score (nSPS) is 11.5. The van der Waals surface area contributed by atoms with Gasteiger partial charge in [-0.15, -0.1) is 0 Å². The molecule has 135 heavy (non-hydrogen) atoms. The molecule has 1 aliphatic rings. The van der Waals surface area contributed by atoms with E-state index in [-0.39, 0.29) is 68.4 Å². The fourth-order valence-electron chi connectivity index (χ4n) is 14.5. The molecule has 11 heterocycles. The van der Waals surface area contributed by atoms with Gasteiger partial charge in [-0.1, -0.05) is 142 Å². The van der Waals surface area contributed by atoms with Gasteiger partial charge in [-0.2, -0.15) is 0 Å². The largest absolute Gasteiger partial charge is 0.438 e. The number of nitrogens with two attached hydrogens (primary N) is 5. The molecule has 1 fully saturated rings. The van der Waals surface area contributed by atoms with Crippen molar-refractivity contribution < 1.29 is 38.2 Å². The first kappa shape index (κ1) is 93.9. The second-order valence-corrected chi connectivity index (χ2v) is 33.2. The third-order valence-corrected chi connectivity index (χ3v) is 22.9. The maximum atomic E-state index is 13.0. The van der Waals surface area contributed by atoms with Gasteiger partial charge in [0.2, 0.25) is 17.7 Å². The number of anilines is 6. The smallest absolute Gasteiger partial charge is 0.257 e. The molecular formula is C100H81Cl6N21O8. The van der Waals surface area contributed by atoms with Gasteiger partial charge in [0.1, 0.15) is 56.9 Å². The lowest BCUT2D eigenvalue weighted by atomic mass is 10.0. The maximum absolute atomic E-state index is 13.0. The number of Topliss-reactive ketones (excluding diaryl/α,β-unsaturated/α-hetero) is 1. The minimum atomic E-state index is -0.372. The molecule has 1 saturated heterocycles. The van der Waals surface area contributed by atoms with Crippen LogP contribution in [0.3, 0.4) is 0 Å². The Bertz CT molecular complexity index is 7410. The summed E-state index contributed by atoms with van der Waals surface area (Å²) in [5.41, 5.74) is 38.6. The Morgan fingerprint density at radius 2 is 0.822 bits per heavy atom. The Morgan fingerprint density at radius 1 is 0.393 bits per heavy atom. The van der Waals surface area contributed by atoms with E-state index in [4.69, 9.17) is 108 Å². The molecule has 0 radical (unpaired) electrons. The number of ketones is 1. The molecule has 10 aromatic heterocycles. The first-order chi connectivity index (χ1) is 65.3. The predicted molar refractivity (Wildman–Crippen MR) is 530 cm³/mol. The summed E-state index contributed by atoms with van der Waals surface area (Å²) in [7, 11) is 1.92. The number of aryl methyl sites for hydroxylation is 2. The summed E-state index contributed by atoms with van der Waals surface area (Å²) >= 11 is 35.6. The molecule has 8 aromatic carbocycles. The van der Waals surface area contributed by atoms with Crippen LogP contribution in [0.25, 0.3) is 64.9 Å². The first-order valence-electron chi connectivity index (χ1n) is 41.7. The van der Waals surface area contributed by atoms with Crippen LogP contribution in [0, 0.1) is 0 Å². The molecule has 0 aliphatic carbocycles. The fourth-order valence-corrected chi connectivity index (χ4v) is 15.4. The van der Waals surface area contributed by atoms with E-state index in [1.165, 1.54) is 43.1 Å². The van der Waals surface area contributed by atoms with Crippen molar-refractivity contribution in [3.63, 3.8) is 0 Å². The molecule has 0 unspecified atom stereocenters. The minimum absolute atomic E-state index is 0.0228. The lowest BCUT2D eigenvalue weighted by Gasteiger charge is -2.16. The summed E-state index contributed by atoms with van der Waals surface area (Å²) in [4.78, 5) is 117. The number of benzene rings is 8. The van der Waals surface area contributed by atoms with Crippen LogP contribution < -0.4 is 64.3 Å². The maximum Gasteiger partial charge on any atom is 0.257 e. The van der Waals surface area contributed by atoms with Crippen LogP contribution in [0.15, 0.2) is 281 Å². The zero-order valence-corrected chi connectivity index (χ0v) is 76.2. The zero-order valence-electron chi connectivity index (χ0n) is 71.7. The van der Waals surface area contributed by atoms with Crippen molar-refractivity contribution in [3.05, 3.63) is 367 Å². The van der Waals surface area contributed by atoms with E-state index in [0.29, 0.717) is 129 Å². The van der Waals surface area contributed by atoms with Gasteiger partial charge in [0, 0.05) is 169 Å². The number of rotatable bonds is 21. The number of carbonyl (C=O) groups excluding carboxylic acids is 6. The highest BCUT2D eigenvalue weighted by molar-refractivity contribution is 6.41. The molecule has 1 aliphatic heterocycles. The number of aromatic nitrogens is 11. The van der Waals surface area contributed by atoms with E-state index >= 15 is 0 Å². The number of halogens is 6. The number of hydrogen-bond donors (Lipinski definition) is 9. The number of pyridine rings is 9. The topological polar surface area (TPSA) is 436 Å². The van der Waals surface area contributed by atoms with Crippen LogP contribution in [0.4, 0.5) is 34.8 Å². The van der Waals surface area contributed by atoms with Crippen LogP contribution in [-0.4, -0.2) is 96.3 Å². The first-order valence-corrected chi connectivity index (χ1v) is 44.0. The molecule has 0 spiro atoms. The zero-order chi connectivity index (χ0) is 94.8. The molecule has 0 saturated carbocycles. The van der Waals surface area contributed by atoms with Crippen LogP contribution in [0.5, 0.6) is 23.3 Å². The second-order valence-electron chi connectivity index (χ2n) is 30.7. The van der Waals surface area contributed by atoms with Gasteiger partial charge in [-0.05, 0) is 201 Å². The Balaban J connectivity index is 0.000000130. The van der Waals surface area contributed by atoms with Gasteiger partial charge in [-0.25, -0.2) is 44.9 Å². The number of ether oxygens (including phenoxy) is 2. The van der Waals surface area contributed by atoms with Crippen LogP contribution in [0.2, 0.25) is 30.3 Å². The summed E-state index contributed by atoms with van der Waals surface area (Å²) in [6, 6.07) is 64.1. The molecule has 18 aromatic rings. The van der Waals surface area contributed by atoms with Crippen molar-refractivity contribution >= 4 is 205 Å². The van der Waals surface area contributed by atoms with Crippen LogP contribution in [-0.2, 0) is 44.4 Å². The Hall–Kier alpha value is -15.8. The number of nitrogens with zero attached hydrogens (tertiary/aromatic N) is 12. The molecule has 5 amide bonds. The predicted octanol–water partition coefficient (Wildman–Crippen LogP) is 19.7. The van der Waals surface area contributed by atoms with Crippen molar-refractivity contribution in [1.29, 1.82) is 0 Å². The van der Waals surface area contributed by atoms with E-state index in [0.717, 1.165) is 105 Å². The number of hydrogen-bond acceptors (Lipinski definition) is 23. The van der Waals surface area contributed by atoms with Crippen LogP contribution >= 0.6 is 69.6 Å². The quantitative estimate of drug-likeness (QED) is 0.0238. The molecule has 0 bridgehead atoms. The molecule has 19 rings (SSSR count). The fraction of sp³-hybridized carbons (Fsp3) is 0.100. The average molecular weight is 1920 g/mol. The Labute approximate surface area is 801 Å². The molecule has 35 heteroatoms. The number of fused-ring (bicyclic) bond motifs is 6. The highest BCUT2D eigenvalue weighted by Gasteiger charge is 2.24. The van der Waals surface area contributed by atoms with Gasteiger partial charge in [0.25, 0.3) is 23.6 Å². The van der Waals surface area contributed by atoms with Crippen molar-refractivity contribution in [3.8, 4) is 23.3 Å². The molecular weight excluding hydrogens is 1840 g/mol. The van der Waals surface area contributed by atoms with Gasteiger partial charge in [0.05, 0.1) is 43.0 Å². The Kier molecular flexibility index (Phi) is 30.3. The minimum Gasteiger partial charge on any atom is -0.438 e. The highest BCUT2D eigenvalue weighted by Crippen LogP contribution is 2.34. The SMILES string of the molecule is Cn1cnc2cc(Oc3ncc(Cl)cc3C(=O)NCc3ccc4c(N)nccc4c3)ccc21.Nc1nccc2cc(CCC(=O)c3cnc(Cl)c(Cl)c3)ccc12.Nc1nccc2cc(CNC(=O)c3cc(Cl)cnc3Oc3ccc(N4CCCC4=O)cc3)ccc12.Nc1nccc2cc(CNC(=O)c3cccc(Cl)c3)ccc12.Nc1nccc2cc(CNC(=O)c3cncc(Cl)c3)ccc12. The van der Waals surface area contributed by atoms with Crippen molar-refractivity contribution in [2.75, 3.05) is 40.1 Å². The second kappa shape index (κ2) is 43.5. The lowest BCUT2D eigenvalue weighted by molar-refractivity contribution is -0.117. The van der Waals surface area contributed by atoms with E-state index in [9.17, 15) is 28.8 Å². The number of carbonyl (C=O) groups is 6. The molecule has 676 valence electrons. The van der Waals surface area contributed by atoms with Crippen molar-refractivity contribution in [1.82, 2.24) is 75.7 Å². The standard InChI is InChI=1S/C26H22ClN5O3.C24H19ClN6O2.C17H13Cl2N3O.C17H14ClN3O.C16H13ClN4O/c27-18-13-22(25(34)30-14-16-3-8-21-17(12-16)9-10-29-24(21)28)26(31-15-18)35-20-6-4-19(5-7-20)32-11-1-2-23(32)33;1-31-13-30-20-10-17(3-5-21(20)31)33-24-19(9-16(25)12-29-24)23(32)28-11-14-2-4-18-15(8-14)6-7-27-22(18)26;18-14-8-12(9-22-16(14)19)15(23)4-2-10-1-3-13-11(7-10)5-6-21-17(13)20;18-14-3-1-2-13(9-14)17(22)21-10-11-4-5-15-12(8-11)6-7-20-16(15)19;17-13-6-12(8-19-9-13)16(22)21-7-10-1-2-14-11(5-10)3-4-20-15(14)18/h3-10,12-13,15H,1-2,11,14H2,(H2,28,29)(H,30,34);2-10,12-13H,11H2,1H3,(H2,26,27)(H,28,32);1,3,5-9H,2,4H2,(H2,20,21);1-9H,10H2,(H2,19,20)(H,21,22);1-6,8-9H,7H2,(H2,18,20)(H,21,22).